The summed E-state index contributed by atoms with van der Waals surface area (Å²) in [4.78, 5) is 17.2. The van der Waals surface area contributed by atoms with Crippen LogP contribution in [0.15, 0.2) is 24.4 Å². The molecule has 2 heterocycles. The molecular formula is C15H14Cl2N2O2S. The van der Waals surface area contributed by atoms with Crippen molar-refractivity contribution in [2.75, 3.05) is 11.9 Å². The molecule has 1 fully saturated rings. The van der Waals surface area contributed by atoms with E-state index in [1.54, 1.807) is 12.3 Å². The molecule has 2 aromatic rings. The van der Waals surface area contributed by atoms with Crippen molar-refractivity contribution in [2.45, 2.75) is 25.4 Å². The minimum absolute atomic E-state index is 0.122. The number of benzene rings is 1. The molecule has 1 aliphatic heterocycles. The number of hydrogen-bond acceptors (Lipinski definition) is 4. The Morgan fingerprint density at radius 3 is 3.05 bits per heavy atom. The first-order valence-corrected chi connectivity index (χ1v) is 8.50. The van der Waals surface area contributed by atoms with E-state index in [0.29, 0.717) is 28.2 Å². The average molecular weight is 357 g/mol. The van der Waals surface area contributed by atoms with Gasteiger partial charge in [0.25, 0.3) is 5.91 Å². The molecular weight excluding hydrogens is 343 g/mol. The maximum Gasteiger partial charge on any atom is 0.255 e. The minimum atomic E-state index is -0.349. The van der Waals surface area contributed by atoms with Crippen LogP contribution in [0.5, 0.6) is 0 Å². The number of nitrogens with zero attached hydrogens (tertiary/aromatic N) is 1. The van der Waals surface area contributed by atoms with Gasteiger partial charge in [-0.05, 0) is 30.5 Å². The predicted octanol–water partition coefficient (Wildman–Crippen LogP) is 4.16. The quantitative estimate of drug-likeness (QED) is 0.894. The van der Waals surface area contributed by atoms with E-state index in [1.807, 2.05) is 12.1 Å². The molecule has 3 rings (SSSR count). The van der Waals surface area contributed by atoms with Gasteiger partial charge in [0.2, 0.25) is 0 Å². The number of halogens is 2. The molecule has 0 saturated carbocycles. The van der Waals surface area contributed by atoms with Gasteiger partial charge in [0.1, 0.15) is 6.10 Å². The number of aromatic nitrogens is 1. The molecule has 0 aliphatic carbocycles. The Kier molecular flexibility index (Phi) is 4.98. The molecule has 1 aromatic carbocycles. The number of carbonyl (C=O) groups is 1. The molecule has 0 radical (unpaired) electrons. The first-order chi connectivity index (χ1) is 10.6. The second-order valence-corrected chi connectivity index (χ2v) is 6.99. The van der Waals surface area contributed by atoms with Crippen LogP contribution in [-0.2, 0) is 16.0 Å². The van der Waals surface area contributed by atoms with E-state index in [9.17, 15) is 4.79 Å². The van der Waals surface area contributed by atoms with Gasteiger partial charge in [0.05, 0.1) is 0 Å². The second kappa shape index (κ2) is 6.96. The monoisotopic (exact) mass is 356 g/mol. The molecule has 7 heteroatoms. The highest BCUT2D eigenvalue weighted by molar-refractivity contribution is 7.15. The van der Waals surface area contributed by atoms with Crippen LogP contribution >= 0.6 is 34.5 Å². The molecule has 1 N–H and O–H groups in total. The smallest absolute Gasteiger partial charge is 0.255 e. The lowest BCUT2D eigenvalue weighted by Crippen LogP contribution is -2.26. The summed E-state index contributed by atoms with van der Waals surface area (Å²) >= 11 is 13.5. The molecule has 1 amide bonds. The number of rotatable bonds is 4. The number of hydrogen-bond donors (Lipinski definition) is 1. The fourth-order valence-electron chi connectivity index (χ4n) is 2.27. The number of nitrogens with one attached hydrogen (secondary N) is 1. The Hall–Kier alpha value is -1.14. The molecule has 1 aromatic heterocycles. The van der Waals surface area contributed by atoms with E-state index in [2.05, 4.69) is 10.3 Å². The number of carbonyl (C=O) groups excluding carboxylic acids is 1. The predicted molar refractivity (Wildman–Crippen MR) is 89.0 cm³/mol. The lowest BCUT2D eigenvalue weighted by molar-refractivity contribution is -0.124. The Balaban J connectivity index is 1.64. The van der Waals surface area contributed by atoms with Gasteiger partial charge in [-0.15, -0.1) is 11.3 Å². The van der Waals surface area contributed by atoms with Crippen molar-refractivity contribution in [3.63, 3.8) is 0 Å². The standard InChI is InChI=1S/C15H14Cl2N2O2S/c16-10-4-3-9(12(17)7-10)6-11-8-18-15(22-11)19-14(20)13-2-1-5-21-13/h3-4,7-8,13H,1-2,5-6H2,(H,18,19,20)/t13-/m0/s1. The Morgan fingerprint density at radius 2 is 2.32 bits per heavy atom. The lowest BCUT2D eigenvalue weighted by Gasteiger charge is -2.07. The van der Waals surface area contributed by atoms with Crippen molar-refractivity contribution in [1.82, 2.24) is 4.98 Å². The largest absolute Gasteiger partial charge is 0.368 e. The van der Waals surface area contributed by atoms with E-state index < -0.39 is 0 Å². The fourth-order valence-corrected chi connectivity index (χ4v) is 3.58. The summed E-state index contributed by atoms with van der Waals surface area (Å²) < 4.78 is 5.35. The number of anilines is 1. The highest BCUT2D eigenvalue weighted by Crippen LogP contribution is 2.27. The first-order valence-electron chi connectivity index (χ1n) is 6.93. The second-order valence-electron chi connectivity index (χ2n) is 5.04. The summed E-state index contributed by atoms with van der Waals surface area (Å²) in [5, 5.41) is 4.63. The van der Waals surface area contributed by atoms with Crippen LogP contribution in [-0.4, -0.2) is 23.6 Å². The number of ether oxygens (including phenoxy) is 1. The van der Waals surface area contributed by atoms with E-state index in [-0.39, 0.29) is 12.0 Å². The molecule has 0 spiro atoms. The van der Waals surface area contributed by atoms with Gasteiger partial charge in [0.15, 0.2) is 5.13 Å². The highest BCUT2D eigenvalue weighted by atomic mass is 35.5. The molecule has 22 heavy (non-hydrogen) atoms. The zero-order chi connectivity index (χ0) is 15.5. The van der Waals surface area contributed by atoms with Gasteiger partial charge in [-0.25, -0.2) is 4.98 Å². The maximum atomic E-state index is 12.0. The number of amides is 1. The van der Waals surface area contributed by atoms with Crippen LogP contribution in [0, 0.1) is 0 Å². The fraction of sp³-hybridized carbons (Fsp3) is 0.333. The van der Waals surface area contributed by atoms with Crippen molar-refractivity contribution in [3.05, 3.63) is 44.9 Å². The van der Waals surface area contributed by atoms with Crippen molar-refractivity contribution >= 4 is 45.6 Å². The van der Waals surface area contributed by atoms with Crippen LogP contribution in [0.1, 0.15) is 23.3 Å². The summed E-state index contributed by atoms with van der Waals surface area (Å²) in [6.07, 6.45) is 3.75. The zero-order valence-electron chi connectivity index (χ0n) is 11.6. The number of thiazole rings is 1. The van der Waals surface area contributed by atoms with Crippen molar-refractivity contribution in [1.29, 1.82) is 0 Å². The molecule has 116 valence electrons. The third kappa shape index (κ3) is 3.79. The van der Waals surface area contributed by atoms with E-state index >= 15 is 0 Å². The SMILES string of the molecule is O=C(Nc1ncc(Cc2ccc(Cl)cc2Cl)s1)[C@@H]1CCCO1. The molecule has 1 aliphatic rings. The summed E-state index contributed by atoms with van der Waals surface area (Å²) in [6.45, 7) is 0.649. The highest BCUT2D eigenvalue weighted by Gasteiger charge is 2.24. The normalized spacial score (nSPS) is 17.6. The van der Waals surface area contributed by atoms with Crippen LogP contribution in [0.25, 0.3) is 0 Å². The maximum absolute atomic E-state index is 12.0. The molecule has 1 saturated heterocycles. The van der Waals surface area contributed by atoms with Gasteiger partial charge in [-0.3, -0.25) is 10.1 Å². The lowest BCUT2D eigenvalue weighted by atomic mass is 10.1. The van der Waals surface area contributed by atoms with Gasteiger partial charge in [-0.2, -0.15) is 0 Å². The first kappa shape index (κ1) is 15.7. The van der Waals surface area contributed by atoms with Crippen LogP contribution in [0.3, 0.4) is 0 Å². The topological polar surface area (TPSA) is 51.2 Å². The molecule has 1 atom stereocenters. The summed E-state index contributed by atoms with van der Waals surface area (Å²) in [5.74, 6) is -0.122. The van der Waals surface area contributed by atoms with Gasteiger partial charge in [-0.1, -0.05) is 29.3 Å². The van der Waals surface area contributed by atoms with E-state index in [0.717, 1.165) is 23.3 Å². The summed E-state index contributed by atoms with van der Waals surface area (Å²) in [6, 6.07) is 5.43. The third-order valence-corrected chi connectivity index (χ3v) is 4.89. The Labute approximate surface area is 142 Å². The Bertz CT molecular complexity index is 684. The molecule has 0 unspecified atom stereocenters. The van der Waals surface area contributed by atoms with Crippen molar-refractivity contribution in [2.24, 2.45) is 0 Å². The zero-order valence-corrected chi connectivity index (χ0v) is 14.0. The van der Waals surface area contributed by atoms with E-state index in [1.165, 1.54) is 11.3 Å². The van der Waals surface area contributed by atoms with Crippen LogP contribution in [0.2, 0.25) is 10.0 Å². The van der Waals surface area contributed by atoms with Crippen molar-refractivity contribution in [3.8, 4) is 0 Å². The minimum Gasteiger partial charge on any atom is -0.368 e. The van der Waals surface area contributed by atoms with Gasteiger partial charge >= 0.3 is 0 Å². The summed E-state index contributed by atoms with van der Waals surface area (Å²) in [5.41, 5.74) is 0.978. The van der Waals surface area contributed by atoms with Crippen LogP contribution in [0.4, 0.5) is 5.13 Å². The third-order valence-electron chi connectivity index (χ3n) is 3.39. The molecule has 0 bridgehead atoms. The molecule has 4 nitrogen and oxygen atoms in total. The van der Waals surface area contributed by atoms with Crippen LogP contribution < -0.4 is 5.32 Å². The van der Waals surface area contributed by atoms with Crippen molar-refractivity contribution < 1.29 is 9.53 Å². The van der Waals surface area contributed by atoms with Gasteiger partial charge in [0, 0.05) is 34.1 Å². The summed E-state index contributed by atoms with van der Waals surface area (Å²) in [7, 11) is 0. The van der Waals surface area contributed by atoms with Gasteiger partial charge < -0.3 is 4.74 Å². The Morgan fingerprint density at radius 1 is 1.45 bits per heavy atom. The average Bonchev–Trinajstić information content (AvgIpc) is 3.13. The van der Waals surface area contributed by atoms with E-state index in [4.69, 9.17) is 27.9 Å².